The van der Waals surface area contributed by atoms with Crippen LogP contribution in [0.15, 0.2) is 103 Å². The number of nitrogens with zero attached hydrogens (tertiary/aromatic N) is 5. The third-order valence-corrected chi connectivity index (χ3v) is 10.4. The minimum absolute atomic E-state index is 0.0781. The molecule has 9 nitrogen and oxygen atoms in total. The van der Waals surface area contributed by atoms with Crippen LogP contribution in [0.2, 0.25) is 0 Å². The standard InChI is InChI=1S/C43H43N5O4/c1-30-37(42(49)47(35-16-8-5-9-17-35)27-31-12-6-4-7-13-31)24-40(45(30)2)38-25-41(51-3)34(26-44)23-39(38)43(50)48-28-33-15-11-10-14-32(33)22-36(48)29-46-18-20-52-21-19-46/h4-17,23-25,36H,18-22,27-29H2,1-3H3. The predicted molar refractivity (Wildman–Crippen MR) is 201 cm³/mol. The van der Waals surface area contributed by atoms with Crippen molar-refractivity contribution in [2.45, 2.75) is 32.5 Å². The zero-order valence-electron chi connectivity index (χ0n) is 29.9. The van der Waals surface area contributed by atoms with Crippen LogP contribution in [0.1, 0.15) is 48.7 Å². The van der Waals surface area contributed by atoms with E-state index in [-0.39, 0.29) is 23.4 Å². The lowest BCUT2D eigenvalue weighted by Crippen LogP contribution is -2.52. The molecule has 52 heavy (non-hydrogen) atoms. The second-order valence-electron chi connectivity index (χ2n) is 13.5. The number of carbonyl (C=O) groups excluding carboxylic acids is 2. The molecule has 0 spiro atoms. The Morgan fingerprint density at radius 1 is 0.904 bits per heavy atom. The summed E-state index contributed by atoms with van der Waals surface area (Å²) in [6, 6.07) is 35.3. The number of anilines is 1. The predicted octanol–water partition coefficient (Wildman–Crippen LogP) is 6.63. The van der Waals surface area contributed by atoms with E-state index in [1.54, 1.807) is 17.0 Å². The summed E-state index contributed by atoms with van der Waals surface area (Å²) < 4.78 is 13.3. The molecule has 1 unspecified atom stereocenters. The van der Waals surface area contributed by atoms with Crippen LogP contribution >= 0.6 is 0 Å². The highest BCUT2D eigenvalue weighted by Crippen LogP contribution is 2.36. The van der Waals surface area contributed by atoms with Crippen LogP contribution in [0.4, 0.5) is 5.69 Å². The summed E-state index contributed by atoms with van der Waals surface area (Å²) in [5.41, 5.74) is 7.39. The summed E-state index contributed by atoms with van der Waals surface area (Å²) in [7, 11) is 3.43. The quantitative estimate of drug-likeness (QED) is 0.172. The first-order chi connectivity index (χ1) is 25.4. The third-order valence-electron chi connectivity index (χ3n) is 10.4. The lowest BCUT2D eigenvalue weighted by atomic mass is 9.91. The Hall–Kier alpha value is -5.69. The van der Waals surface area contributed by atoms with Crippen LogP contribution < -0.4 is 9.64 Å². The van der Waals surface area contributed by atoms with Crippen molar-refractivity contribution in [2.24, 2.45) is 7.05 Å². The number of amides is 2. The molecule has 0 N–H and O–H groups in total. The minimum atomic E-state index is -0.163. The second kappa shape index (κ2) is 15.3. The van der Waals surface area contributed by atoms with Gasteiger partial charge in [-0.3, -0.25) is 14.5 Å². The molecule has 1 aromatic heterocycles. The van der Waals surface area contributed by atoms with Gasteiger partial charge in [-0.2, -0.15) is 5.26 Å². The van der Waals surface area contributed by atoms with Crippen LogP contribution in [0.5, 0.6) is 5.75 Å². The van der Waals surface area contributed by atoms with Crippen LogP contribution in [-0.4, -0.2) is 72.2 Å². The molecular weight excluding hydrogens is 651 g/mol. The summed E-state index contributed by atoms with van der Waals surface area (Å²) in [6.45, 7) is 6.47. The molecule has 0 saturated carbocycles. The summed E-state index contributed by atoms with van der Waals surface area (Å²) >= 11 is 0. The highest BCUT2D eigenvalue weighted by atomic mass is 16.5. The molecule has 264 valence electrons. The molecule has 2 aliphatic heterocycles. The smallest absolute Gasteiger partial charge is 0.260 e. The maximum atomic E-state index is 15.0. The van der Waals surface area contributed by atoms with Gasteiger partial charge in [-0.25, -0.2) is 0 Å². The van der Waals surface area contributed by atoms with Gasteiger partial charge in [0.15, 0.2) is 0 Å². The van der Waals surface area contributed by atoms with Crippen molar-refractivity contribution in [2.75, 3.05) is 44.9 Å². The van der Waals surface area contributed by atoms with Gasteiger partial charge < -0.3 is 23.8 Å². The number of hydrogen-bond acceptors (Lipinski definition) is 6. The van der Waals surface area contributed by atoms with Gasteiger partial charge in [0.1, 0.15) is 11.8 Å². The van der Waals surface area contributed by atoms with Crippen molar-refractivity contribution in [3.05, 3.63) is 142 Å². The highest BCUT2D eigenvalue weighted by molar-refractivity contribution is 6.08. The molecule has 1 fully saturated rings. The molecule has 2 aliphatic rings. The number of para-hydroxylation sites is 1. The summed E-state index contributed by atoms with van der Waals surface area (Å²) in [5.74, 6) is 0.0503. The number of fused-ring (bicyclic) bond motifs is 1. The molecule has 3 heterocycles. The number of nitriles is 1. The fourth-order valence-corrected chi connectivity index (χ4v) is 7.42. The van der Waals surface area contributed by atoms with E-state index in [0.29, 0.717) is 54.4 Å². The maximum Gasteiger partial charge on any atom is 0.260 e. The normalized spacial score (nSPS) is 15.8. The van der Waals surface area contributed by atoms with Gasteiger partial charge in [-0.15, -0.1) is 0 Å². The summed E-state index contributed by atoms with van der Waals surface area (Å²) in [4.78, 5) is 35.7. The largest absolute Gasteiger partial charge is 0.495 e. The Bertz CT molecular complexity index is 2120. The first-order valence-electron chi connectivity index (χ1n) is 17.7. The second-order valence-corrected chi connectivity index (χ2v) is 13.5. The number of ether oxygens (including phenoxy) is 2. The average molecular weight is 694 g/mol. The molecule has 4 aromatic carbocycles. The number of benzene rings is 4. The molecule has 0 bridgehead atoms. The molecule has 5 aromatic rings. The number of aromatic nitrogens is 1. The van der Waals surface area contributed by atoms with Gasteiger partial charge in [-0.1, -0.05) is 72.8 Å². The zero-order chi connectivity index (χ0) is 36.2. The fraction of sp³-hybridized carbons (Fsp3) is 0.279. The minimum Gasteiger partial charge on any atom is -0.495 e. The monoisotopic (exact) mass is 693 g/mol. The van der Waals surface area contributed by atoms with Gasteiger partial charge in [-0.05, 0) is 60.4 Å². The van der Waals surface area contributed by atoms with Crippen LogP contribution in [0, 0.1) is 18.3 Å². The van der Waals surface area contributed by atoms with Crippen molar-refractivity contribution >= 4 is 17.5 Å². The van der Waals surface area contributed by atoms with Gasteiger partial charge in [0.05, 0.1) is 43.6 Å². The summed E-state index contributed by atoms with van der Waals surface area (Å²) in [5, 5.41) is 10.2. The van der Waals surface area contributed by atoms with Gasteiger partial charge in [0.2, 0.25) is 0 Å². The SMILES string of the molecule is COc1cc(-c2cc(C(=O)N(Cc3ccccc3)c3ccccc3)c(C)n2C)c(C(=O)N2Cc3ccccc3CC2CN2CCOCC2)cc1C#N. The average Bonchev–Trinajstić information content (AvgIpc) is 3.49. The van der Waals surface area contributed by atoms with Gasteiger partial charge in [0, 0.05) is 61.9 Å². The lowest BCUT2D eigenvalue weighted by Gasteiger charge is -2.40. The lowest BCUT2D eigenvalue weighted by molar-refractivity contribution is 0.0193. The van der Waals surface area contributed by atoms with Crippen molar-refractivity contribution in [1.29, 1.82) is 5.26 Å². The van der Waals surface area contributed by atoms with Gasteiger partial charge >= 0.3 is 0 Å². The Morgan fingerprint density at radius 2 is 1.58 bits per heavy atom. The Morgan fingerprint density at radius 3 is 2.27 bits per heavy atom. The molecule has 0 radical (unpaired) electrons. The fourth-order valence-electron chi connectivity index (χ4n) is 7.42. The molecule has 7 rings (SSSR count). The highest BCUT2D eigenvalue weighted by Gasteiger charge is 2.34. The van der Waals surface area contributed by atoms with Crippen LogP contribution in [-0.2, 0) is 31.3 Å². The van der Waals surface area contributed by atoms with E-state index >= 15 is 4.79 Å². The first kappa shape index (κ1) is 34.7. The molecule has 1 atom stereocenters. The molecule has 9 heteroatoms. The van der Waals surface area contributed by atoms with E-state index in [4.69, 9.17) is 9.47 Å². The number of morpholine rings is 1. The summed E-state index contributed by atoms with van der Waals surface area (Å²) in [6.07, 6.45) is 0.731. The van der Waals surface area contributed by atoms with Crippen LogP contribution in [0.3, 0.4) is 0 Å². The van der Waals surface area contributed by atoms with E-state index in [9.17, 15) is 10.1 Å². The van der Waals surface area contributed by atoms with Crippen molar-refractivity contribution < 1.29 is 19.1 Å². The van der Waals surface area contributed by atoms with E-state index < -0.39 is 0 Å². The van der Waals surface area contributed by atoms with E-state index in [0.717, 1.165) is 48.6 Å². The van der Waals surface area contributed by atoms with Crippen molar-refractivity contribution in [1.82, 2.24) is 14.4 Å². The molecule has 0 aliphatic carbocycles. The number of carbonyl (C=O) groups is 2. The van der Waals surface area contributed by atoms with E-state index in [2.05, 4.69) is 29.2 Å². The van der Waals surface area contributed by atoms with Crippen molar-refractivity contribution in [3.63, 3.8) is 0 Å². The Labute approximate surface area is 305 Å². The maximum absolute atomic E-state index is 15.0. The molecule has 1 saturated heterocycles. The van der Waals surface area contributed by atoms with E-state index in [1.165, 1.54) is 12.7 Å². The number of methoxy groups -OCH3 is 1. The number of rotatable bonds is 9. The molecular formula is C43H43N5O4. The topological polar surface area (TPSA) is 91.0 Å². The first-order valence-corrected chi connectivity index (χ1v) is 17.7. The zero-order valence-corrected chi connectivity index (χ0v) is 29.9. The third kappa shape index (κ3) is 6.96. The van der Waals surface area contributed by atoms with Crippen LogP contribution in [0.25, 0.3) is 11.3 Å². The van der Waals surface area contributed by atoms with Crippen molar-refractivity contribution in [3.8, 4) is 23.1 Å². The molecule has 2 amide bonds. The number of hydrogen-bond donors (Lipinski definition) is 0. The Balaban J connectivity index is 1.31. The van der Waals surface area contributed by atoms with Gasteiger partial charge in [0.25, 0.3) is 11.8 Å². The van der Waals surface area contributed by atoms with E-state index in [1.807, 2.05) is 96.2 Å². The Kier molecular flexibility index (Phi) is 10.2.